The molecule has 0 heterocycles. The van der Waals surface area contributed by atoms with Gasteiger partial charge in [-0.15, -0.1) is 0 Å². The van der Waals surface area contributed by atoms with Crippen LogP contribution in [0.5, 0.6) is 0 Å². The van der Waals surface area contributed by atoms with Crippen LogP contribution in [0, 0.1) is 0 Å². The maximum atomic E-state index is 12.0. The molecule has 0 saturated heterocycles. The van der Waals surface area contributed by atoms with Crippen molar-refractivity contribution in [3.63, 3.8) is 0 Å². The van der Waals surface area contributed by atoms with E-state index in [1.54, 1.807) is 32.3 Å². The van der Waals surface area contributed by atoms with Crippen LogP contribution in [0.2, 0.25) is 5.02 Å². The molecule has 0 bridgehead atoms. The first kappa shape index (κ1) is 17.5. The average molecular weight is 312 g/mol. The summed E-state index contributed by atoms with van der Waals surface area (Å²) in [6.45, 7) is 1.91. The van der Waals surface area contributed by atoms with Gasteiger partial charge in [0.05, 0.1) is 10.6 Å². The highest BCUT2D eigenvalue weighted by atomic mass is 35.5. The van der Waals surface area contributed by atoms with E-state index in [0.29, 0.717) is 22.7 Å². The third-order valence-electron chi connectivity index (χ3n) is 2.95. The lowest BCUT2D eigenvalue weighted by Crippen LogP contribution is -2.22. The second-order valence-electron chi connectivity index (χ2n) is 5.31. The van der Waals surface area contributed by atoms with E-state index in [9.17, 15) is 9.59 Å². The maximum Gasteiger partial charge on any atom is 0.254 e. The van der Waals surface area contributed by atoms with E-state index in [4.69, 9.17) is 17.3 Å². The number of amides is 2. The van der Waals surface area contributed by atoms with E-state index < -0.39 is 0 Å². The minimum absolute atomic E-state index is 0.0950. The number of hydrogen-bond acceptors (Lipinski definition) is 3. The minimum atomic E-state index is -0.201. The Balaban J connectivity index is 2.70. The van der Waals surface area contributed by atoms with Crippen LogP contribution in [0.1, 0.15) is 36.5 Å². The number of rotatable bonds is 6. The van der Waals surface area contributed by atoms with Crippen molar-refractivity contribution in [2.45, 2.75) is 32.2 Å². The van der Waals surface area contributed by atoms with Gasteiger partial charge in [0.15, 0.2) is 0 Å². The topological polar surface area (TPSA) is 75.4 Å². The van der Waals surface area contributed by atoms with Gasteiger partial charge in [-0.05, 0) is 38.0 Å². The summed E-state index contributed by atoms with van der Waals surface area (Å²) >= 11 is 6.02. The molecule has 1 rings (SSSR count). The second kappa shape index (κ2) is 8.00. The number of carbonyl (C=O) groups is 2. The van der Waals surface area contributed by atoms with Crippen LogP contribution >= 0.6 is 11.6 Å². The van der Waals surface area contributed by atoms with Gasteiger partial charge < -0.3 is 16.0 Å². The predicted molar refractivity (Wildman–Crippen MR) is 85.6 cm³/mol. The number of halogens is 1. The van der Waals surface area contributed by atoms with E-state index in [-0.39, 0.29) is 17.9 Å². The van der Waals surface area contributed by atoms with E-state index >= 15 is 0 Å². The van der Waals surface area contributed by atoms with Crippen LogP contribution in [0.25, 0.3) is 0 Å². The van der Waals surface area contributed by atoms with Gasteiger partial charge in [0.2, 0.25) is 5.91 Å². The molecule has 1 unspecified atom stereocenters. The lowest BCUT2D eigenvalue weighted by atomic mass is 10.1. The van der Waals surface area contributed by atoms with Gasteiger partial charge >= 0.3 is 0 Å². The summed E-state index contributed by atoms with van der Waals surface area (Å²) in [7, 11) is 3.30. The Morgan fingerprint density at radius 3 is 2.62 bits per heavy atom. The number of benzene rings is 1. The molecule has 0 aliphatic rings. The molecule has 6 heteroatoms. The van der Waals surface area contributed by atoms with Crippen LogP contribution in [0.15, 0.2) is 18.2 Å². The van der Waals surface area contributed by atoms with Crippen molar-refractivity contribution in [3.05, 3.63) is 28.8 Å². The van der Waals surface area contributed by atoms with Gasteiger partial charge in [0.25, 0.3) is 5.91 Å². The summed E-state index contributed by atoms with van der Waals surface area (Å²) < 4.78 is 0. The van der Waals surface area contributed by atoms with Gasteiger partial charge in [0.1, 0.15) is 0 Å². The average Bonchev–Trinajstić information content (AvgIpc) is 2.39. The van der Waals surface area contributed by atoms with Gasteiger partial charge in [0, 0.05) is 32.2 Å². The van der Waals surface area contributed by atoms with Crippen LogP contribution in [0.4, 0.5) is 5.69 Å². The molecule has 0 aliphatic carbocycles. The van der Waals surface area contributed by atoms with Crippen molar-refractivity contribution in [1.29, 1.82) is 0 Å². The molecular weight excluding hydrogens is 290 g/mol. The van der Waals surface area contributed by atoms with Crippen molar-refractivity contribution in [3.8, 4) is 0 Å². The van der Waals surface area contributed by atoms with E-state index in [2.05, 4.69) is 5.32 Å². The second-order valence-corrected chi connectivity index (χ2v) is 5.72. The Labute approximate surface area is 130 Å². The first-order valence-corrected chi connectivity index (χ1v) is 7.25. The highest BCUT2D eigenvalue weighted by Crippen LogP contribution is 2.22. The molecule has 3 N–H and O–H groups in total. The lowest BCUT2D eigenvalue weighted by molar-refractivity contribution is -0.116. The smallest absolute Gasteiger partial charge is 0.254 e. The number of hydrogen-bond donors (Lipinski definition) is 2. The zero-order chi connectivity index (χ0) is 16.0. The van der Waals surface area contributed by atoms with E-state index in [1.165, 1.54) is 4.90 Å². The van der Waals surface area contributed by atoms with Gasteiger partial charge in [-0.3, -0.25) is 9.59 Å². The Morgan fingerprint density at radius 1 is 1.38 bits per heavy atom. The van der Waals surface area contributed by atoms with Crippen LogP contribution in [-0.4, -0.2) is 36.9 Å². The summed E-state index contributed by atoms with van der Waals surface area (Å²) in [4.78, 5) is 25.2. The Morgan fingerprint density at radius 2 is 2.05 bits per heavy atom. The summed E-state index contributed by atoms with van der Waals surface area (Å²) in [5, 5.41) is 3.13. The van der Waals surface area contributed by atoms with Gasteiger partial charge in [-0.2, -0.15) is 0 Å². The fraction of sp³-hybridized carbons (Fsp3) is 0.467. The number of nitrogens with zero attached hydrogens (tertiary/aromatic N) is 1. The van der Waals surface area contributed by atoms with E-state index in [0.717, 1.165) is 12.8 Å². The molecule has 116 valence electrons. The molecule has 0 saturated carbocycles. The van der Waals surface area contributed by atoms with Gasteiger partial charge in [-0.1, -0.05) is 11.6 Å². The lowest BCUT2D eigenvalue weighted by Gasteiger charge is -2.13. The number of nitrogens with one attached hydrogen (secondary N) is 1. The van der Waals surface area contributed by atoms with Crippen molar-refractivity contribution in [1.82, 2.24) is 4.90 Å². The summed E-state index contributed by atoms with van der Waals surface area (Å²) in [5.41, 5.74) is 6.58. The molecule has 0 spiro atoms. The summed E-state index contributed by atoms with van der Waals surface area (Å²) in [6, 6.07) is 4.97. The molecule has 21 heavy (non-hydrogen) atoms. The monoisotopic (exact) mass is 311 g/mol. The van der Waals surface area contributed by atoms with Crippen molar-refractivity contribution in [2.24, 2.45) is 5.73 Å². The fourth-order valence-electron chi connectivity index (χ4n) is 1.82. The standard InChI is InChI=1S/C15H22ClN3O2/c1-10(17)5-4-6-14(20)18-11-7-8-13(16)12(9-11)15(21)19(2)3/h7-10H,4-6,17H2,1-3H3,(H,18,20). The highest BCUT2D eigenvalue weighted by Gasteiger charge is 2.14. The summed E-state index contributed by atoms with van der Waals surface area (Å²) in [5.74, 6) is -0.297. The van der Waals surface area contributed by atoms with Crippen LogP contribution in [0.3, 0.4) is 0 Å². The minimum Gasteiger partial charge on any atom is -0.345 e. The highest BCUT2D eigenvalue weighted by molar-refractivity contribution is 6.34. The molecule has 1 aromatic rings. The van der Waals surface area contributed by atoms with Crippen LogP contribution in [-0.2, 0) is 4.79 Å². The normalized spacial score (nSPS) is 11.9. The molecule has 0 aromatic heterocycles. The fourth-order valence-corrected chi connectivity index (χ4v) is 2.01. The molecule has 0 radical (unpaired) electrons. The maximum absolute atomic E-state index is 12.0. The third-order valence-corrected chi connectivity index (χ3v) is 3.28. The largest absolute Gasteiger partial charge is 0.345 e. The zero-order valence-corrected chi connectivity index (χ0v) is 13.4. The SMILES string of the molecule is CC(N)CCCC(=O)Nc1ccc(Cl)c(C(=O)N(C)C)c1. The number of carbonyl (C=O) groups excluding carboxylic acids is 2. The van der Waals surface area contributed by atoms with Gasteiger partial charge in [-0.25, -0.2) is 0 Å². The van der Waals surface area contributed by atoms with E-state index in [1.807, 2.05) is 6.92 Å². The van der Waals surface area contributed by atoms with Crippen molar-refractivity contribution >= 4 is 29.1 Å². The Kier molecular flexibility index (Phi) is 6.65. The van der Waals surface area contributed by atoms with Crippen LogP contribution < -0.4 is 11.1 Å². The predicted octanol–water partition coefficient (Wildman–Crippen LogP) is 2.50. The molecule has 1 aromatic carbocycles. The van der Waals surface area contributed by atoms with Crippen molar-refractivity contribution < 1.29 is 9.59 Å². The molecule has 0 fully saturated rings. The molecule has 5 nitrogen and oxygen atoms in total. The molecule has 0 aliphatic heterocycles. The van der Waals surface area contributed by atoms with Crippen molar-refractivity contribution in [2.75, 3.05) is 19.4 Å². The molecule has 1 atom stereocenters. The zero-order valence-electron chi connectivity index (χ0n) is 12.6. The first-order valence-electron chi connectivity index (χ1n) is 6.88. The number of anilines is 1. The first-order chi connectivity index (χ1) is 9.81. The third kappa shape index (κ3) is 5.73. The Hall–Kier alpha value is -1.59. The Bertz CT molecular complexity index is 516. The number of nitrogens with two attached hydrogens (primary N) is 1. The quantitative estimate of drug-likeness (QED) is 0.847. The summed E-state index contributed by atoms with van der Waals surface area (Å²) in [6.07, 6.45) is 1.94. The molecular formula is C15H22ClN3O2. The molecule has 2 amide bonds.